The Morgan fingerprint density at radius 1 is 1.53 bits per heavy atom. The fourth-order valence-corrected chi connectivity index (χ4v) is 2.61. The van der Waals surface area contributed by atoms with Crippen LogP contribution in [0.15, 0.2) is 11.3 Å². The van der Waals surface area contributed by atoms with E-state index in [1.807, 2.05) is 13.2 Å². The number of cyclic esters (lactones) is 1. The van der Waals surface area contributed by atoms with Gasteiger partial charge in [-0.15, -0.1) is 0 Å². The number of carbonyl (C=O) groups is 2. The molecule has 0 spiro atoms. The molecule has 2 rings (SSSR count). The molecule has 0 aromatic heterocycles. The van der Waals surface area contributed by atoms with Crippen LogP contribution in [-0.2, 0) is 19.1 Å². The number of Topliss-reactive ketones (excluding diaryl/α,β-unsaturated/α-hetero) is 1. The first-order valence-corrected chi connectivity index (χ1v) is 7.66. The molecule has 2 saturated heterocycles. The predicted molar refractivity (Wildman–Crippen MR) is 71.1 cm³/mol. The molecule has 106 valence electrons. The van der Waals surface area contributed by atoms with E-state index in [0.29, 0.717) is 19.4 Å². The van der Waals surface area contributed by atoms with E-state index in [0.717, 1.165) is 6.42 Å². The maximum absolute atomic E-state index is 12.1. The lowest BCUT2D eigenvalue weighted by atomic mass is 10.0. The first-order chi connectivity index (χ1) is 9.04. The molecule has 0 amide bonds. The van der Waals surface area contributed by atoms with Crippen LogP contribution in [0.3, 0.4) is 0 Å². The van der Waals surface area contributed by atoms with Gasteiger partial charge in [-0.3, -0.25) is 4.79 Å². The number of ketones is 1. The highest BCUT2D eigenvalue weighted by molar-refractivity contribution is 7.99. The van der Waals surface area contributed by atoms with E-state index in [9.17, 15) is 14.7 Å². The topological polar surface area (TPSA) is 72.8 Å². The van der Waals surface area contributed by atoms with Crippen molar-refractivity contribution < 1.29 is 24.2 Å². The Bertz CT molecular complexity index is 411. The second-order valence-corrected chi connectivity index (χ2v) is 6.08. The van der Waals surface area contributed by atoms with Crippen LogP contribution in [-0.4, -0.2) is 47.2 Å². The Morgan fingerprint density at radius 3 is 2.84 bits per heavy atom. The maximum atomic E-state index is 12.1. The number of aliphatic hydroxyl groups excluding tert-OH is 1. The first kappa shape index (κ1) is 14.4. The number of aliphatic hydroxyl groups is 1. The van der Waals surface area contributed by atoms with E-state index in [4.69, 9.17) is 9.47 Å². The summed E-state index contributed by atoms with van der Waals surface area (Å²) >= 11 is 1.60. The van der Waals surface area contributed by atoms with E-state index < -0.39 is 24.0 Å². The summed E-state index contributed by atoms with van der Waals surface area (Å²) in [5.41, 5.74) is -0.217. The maximum Gasteiger partial charge on any atom is 0.346 e. The smallest absolute Gasteiger partial charge is 0.346 e. The summed E-state index contributed by atoms with van der Waals surface area (Å²) in [5, 5.41) is 10.2. The standard InChI is InChI=1S/C13H18O5S/c1-7(19-2)6-9-12(15)10(13(16)18-9)11(14)8-4-3-5-17-8/h7-9,14H,3-6H2,1-2H3. The van der Waals surface area contributed by atoms with Gasteiger partial charge in [0.25, 0.3) is 0 Å². The van der Waals surface area contributed by atoms with E-state index >= 15 is 0 Å². The van der Waals surface area contributed by atoms with Gasteiger partial charge in [0.2, 0.25) is 5.78 Å². The molecule has 3 atom stereocenters. The Kier molecular flexibility index (Phi) is 4.52. The predicted octanol–water partition coefficient (Wildman–Crippen LogP) is 1.61. The van der Waals surface area contributed by atoms with Crippen LogP contribution >= 0.6 is 11.8 Å². The molecule has 0 saturated carbocycles. The molecule has 3 unspecified atom stereocenters. The number of carbonyl (C=O) groups excluding carboxylic acids is 2. The van der Waals surface area contributed by atoms with Crippen molar-refractivity contribution in [2.75, 3.05) is 12.9 Å². The van der Waals surface area contributed by atoms with Crippen molar-refractivity contribution in [1.29, 1.82) is 0 Å². The third kappa shape index (κ3) is 2.95. The van der Waals surface area contributed by atoms with Gasteiger partial charge in [0.05, 0.1) is 0 Å². The van der Waals surface area contributed by atoms with Crippen molar-refractivity contribution in [3.63, 3.8) is 0 Å². The minimum atomic E-state index is -0.770. The minimum Gasteiger partial charge on any atom is -0.508 e. The van der Waals surface area contributed by atoms with E-state index in [1.165, 1.54) is 0 Å². The highest BCUT2D eigenvalue weighted by Gasteiger charge is 2.43. The molecule has 5 nitrogen and oxygen atoms in total. The summed E-state index contributed by atoms with van der Waals surface area (Å²) < 4.78 is 10.4. The van der Waals surface area contributed by atoms with E-state index in [-0.39, 0.29) is 16.6 Å². The molecule has 2 fully saturated rings. The second kappa shape index (κ2) is 5.96. The van der Waals surface area contributed by atoms with Gasteiger partial charge < -0.3 is 14.6 Å². The fourth-order valence-electron chi connectivity index (χ4n) is 2.24. The van der Waals surface area contributed by atoms with Crippen LogP contribution in [0.4, 0.5) is 0 Å². The summed E-state index contributed by atoms with van der Waals surface area (Å²) in [4.78, 5) is 23.9. The van der Waals surface area contributed by atoms with E-state index in [1.54, 1.807) is 11.8 Å². The van der Waals surface area contributed by atoms with Crippen LogP contribution < -0.4 is 0 Å². The molecule has 1 N–H and O–H groups in total. The Hall–Kier alpha value is -1.01. The molecular formula is C13H18O5S. The lowest BCUT2D eigenvalue weighted by Crippen LogP contribution is -2.22. The molecule has 2 aliphatic heterocycles. The van der Waals surface area contributed by atoms with Gasteiger partial charge in [-0.25, -0.2) is 4.79 Å². The third-order valence-corrected chi connectivity index (χ3v) is 4.43. The quantitative estimate of drug-likeness (QED) is 0.366. The molecule has 6 heteroatoms. The molecule has 0 aliphatic carbocycles. The summed E-state index contributed by atoms with van der Waals surface area (Å²) in [6.07, 6.45) is 2.54. The molecule has 0 aromatic carbocycles. The summed E-state index contributed by atoms with van der Waals surface area (Å²) in [5.74, 6) is -1.40. The van der Waals surface area contributed by atoms with Crippen molar-refractivity contribution in [3.05, 3.63) is 11.3 Å². The van der Waals surface area contributed by atoms with Crippen LogP contribution in [0.25, 0.3) is 0 Å². The zero-order valence-corrected chi connectivity index (χ0v) is 11.9. The van der Waals surface area contributed by atoms with Crippen molar-refractivity contribution in [2.45, 2.75) is 43.6 Å². The Morgan fingerprint density at radius 2 is 2.26 bits per heavy atom. The number of ether oxygens (including phenoxy) is 2. The van der Waals surface area contributed by atoms with Crippen LogP contribution in [0.1, 0.15) is 26.2 Å². The molecule has 0 bridgehead atoms. The Labute approximate surface area is 116 Å². The van der Waals surface area contributed by atoms with E-state index in [2.05, 4.69) is 0 Å². The summed E-state index contributed by atoms with van der Waals surface area (Å²) in [6.45, 7) is 2.51. The first-order valence-electron chi connectivity index (χ1n) is 6.37. The molecule has 2 heterocycles. The molecule has 0 radical (unpaired) electrons. The lowest BCUT2D eigenvalue weighted by Gasteiger charge is -2.11. The number of hydrogen-bond acceptors (Lipinski definition) is 6. The van der Waals surface area contributed by atoms with Gasteiger partial charge in [0, 0.05) is 18.3 Å². The fraction of sp³-hybridized carbons (Fsp3) is 0.692. The summed E-state index contributed by atoms with van der Waals surface area (Å²) in [6, 6.07) is 0. The van der Waals surface area contributed by atoms with Crippen LogP contribution in [0, 0.1) is 0 Å². The summed E-state index contributed by atoms with van der Waals surface area (Å²) in [7, 11) is 0. The van der Waals surface area contributed by atoms with Gasteiger partial charge in [-0.2, -0.15) is 11.8 Å². The number of rotatable bonds is 4. The zero-order chi connectivity index (χ0) is 14.0. The molecule has 19 heavy (non-hydrogen) atoms. The number of esters is 1. The zero-order valence-electron chi connectivity index (χ0n) is 11.0. The van der Waals surface area contributed by atoms with Crippen molar-refractivity contribution >= 4 is 23.5 Å². The number of thioether (sulfide) groups is 1. The van der Waals surface area contributed by atoms with Gasteiger partial charge >= 0.3 is 5.97 Å². The van der Waals surface area contributed by atoms with Gasteiger partial charge in [-0.1, -0.05) is 6.92 Å². The normalized spacial score (nSPS) is 31.5. The second-order valence-electron chi connectivity index (χ2n) is 4.80. The monoisotopic (exact) mass is 286 g/mol. The molecule has 2 aliphatic rings. The molecular weight excluding hydrogens is 268 g/mol. The highest BCUT2D eigenvalue weighted by Crippen LogP contribution is 2.29. The van der Waals surface area contributed by atoms with Crippen LogP contribution in [0.2, 0.25) is 0 Å². The van der Waals surface area contributed by atoms with Crippen molar-refractivity contribution in [1.82, 2.24) is 0 Å². The molecule has 0 aromatic rings. The Balaban J connectivity index is 2.15. The average Bonchev–Trinajstić information content (AvgIpc) is 2.99. The average molecular weight is 286 g/mol. The minimum absolute atomic E-state index is 0.214. The van der Waals surface area contributed by atoms with Crippen LogP contribution in [0.5, 0.6) is 0 Å². The van der Waals surface area contributed by atoms with Gasteiger partial charge in [-0.05, 0) is 19.1 Å². The largest absolute Gasteiger partial charge is 0.508 e. The van der Waals surface area contributed by atoms with Gasteiger partial charge in [0.15, 0.2) is 6.10 Å². The van der Waals surface area contributed by atoms with Crippen molar-refractivity contribution in [3.8, 4) is 0 Å². The number of hydrogen-bond donors (Lipinski definition) is 1. The highest BCUT2D eigenvalue weighted by atomic mass is 32.2. The van der Waals surface area contributed by atoms with Gasteiger partial charge in [0.1, 0.15) is 17.4 Å². The van der Waals surface area contributed by atoms with Crippen molar-refractivity contribution in [2.24, 2.45) is 0 Å². The lowest BCUT2D eigenvalue weighted by molar-refractivity contribution is -0.141. The third-order valence-electron chi connectivity index (χ3n) is 3.43. The SMILES string of the molecule is CSC(C)CC1OC(=O)C(=C(O)C2CCCO2)C1=O.